The predicted molar refractivity (Wildman–Crippen MR) is 84.9 cm³/mol. The van der Waals surface area contributed by atoms with Crippen LogP contribution in [0.4, 0.5) is 4.79 Å². The Hall–Kier alpha value is -2.60. The molecule has 2 N–H and O–H groups in total. The SMILES string of the molecule is O=C(NCC=Cc1cc(C(=O)O)cs1)OCc1ccccc1. The molecule has 0 radical (unpaired) electrons. The lowest BCUT2D eigenvalue weighted by molar-refractivity contribution is 0.0697. The van der Waals surface area contributed by atoms with Gasteiger partial charge in [-0.3, -0.25) is 0 Å². The maximum absolute atomic E-state index is 11.5. The van der Waals surface area contributed by atoms with Crippen LogP contribution in [0.3, 0.4) is 0 Å². The Morgan fingerprint density at radius 2 is 2.05 bits per heavy atom. The Labute approximate surface area is 131 Å². The number of nitrogens with one attached hydrogen (secondary N) is 1. The quantitative estimate of drug-likeness (QED) is 0.856. The minimum Gasteiger partial charge on any atom is -0.478 e. The van der Waals surface area contributed by atoms with E-state index in [0.717, 1.165) is 10.4 Å². The van der Waals surface area contributed by atoms with Crippen molar-refractivity contribution in [3.63, 3.8) is 0 Å². The predicted octanol–water partition coefficient (Wildman–Crippen LogP) is 3.39. The fraction of sp³-hybridized carbons (Fsp3) is 0.125. The van der Waals surface area contributed by atoms with Gasteiger partial charge in [0.1, 0.15) is 6.61 Å². The Balaban J connectivity index is 1.70. The van der Waals surface area contributed by atoms with Gasteiger partial charge in [0.2, 0.25) is 0 Å². The monoisotopic (exact) mass is 317 g/mol. The molecule has 114 valence electrons. The molecule has 0 bridgehead atoms. The van der Waals surface area contributed by atoms with E-state index in [1.807, 2.05) is 30.3 Å². The second-order valence-electron chi connectivity index (χ2n) is 4.39. The van der Waals surface area contributed by atoms with Crippen molar-refractivity contribution in [3.8, 4) is 0 Å². The summed E-state index contributed by atoms with van der Waals surface area (Å²) in [5.41, 5.74) is 1.19. The van der Waals surface area contributed by atoms with Crippen LogP contribution >= 0.6 is 11.3 Å². The number of ether oxygens (including phenoxy) is 1. The number of amides is 1. The molecule has 0 unspecified atom stereocenters. The fourth-order valence-electron chi connectivity index (χ4n) is 1.64. The Morgan fingerprint density at radius 3 is 2.73 bits per heavy atom. The van der Waals surface area contributed by atoms with Gasteiger partial charge in [0, 0.05) is 16.8 Å². The summed E-state index contributed by atoms with van der Waals surface area (Å²) in [6.45, 7) is 0.539. The third-order valence-corrected chi connectivity index (χ3v) is 3.62. The highest BCUT2D eigenvalue weighted by Crippen LogP contribution is 2.15. The van der Waals surface area contributed by atoms with E-state index in [1.165, 1.54) is 11.3 Å². The van der Waals surface area contributed by atoms with Crippen molar-refractivity contribution in [2.75, 3.05) is 6.54 Å². The summed E-state index contributed by atoms with van der Waals surface area (Å²) in [4.78, 5) is 23.0. The Bertz CT molecular complexity index is 664. The Morgan fingerprint density at radius 1 is 1.27 bits per heavy atom. The van der Waals surface area contributed by atoms with Crippen LogP contribution in [0, 0.1) is 0 Å². The number of hydrogen-bond acceptors (Lipinski definition) is 4. The van der Waals surface area contributed by atoms with Crippen LogP contribution in [0.25, 0.3) is 6.08 Å². The van der Waals surface area contributed by atoms with Crippen LogP contribution in [-0.4, -0.2) is 23.7 Å². The van der Waals surface area contributed by atoms with Gasteiger partial charge >= 0.3 is 12.1 Å². The molecule has 0 aliphatic rings. The summed E-state index contributed by atoms with van der Waals surface area (Å²) in [5, 5.41) is 13.0. The standard InChI is InChI=1S/C16H15NO4S/c18-15(19)13-9-14(22-11-13)7-4-8-17-16(20)21-10-12-5-2-1-3-6-12/h1-7,9,11H,8,10H2,(H,17,20)(H,18,19). The van der Waals surface area contributed by atoms with Crippen LogP contribution < -0.4 is 5.32 Å². The first-order valence-corrected chi connectivity index (χ1v) is 7.46. The number of thiophene rings is 1. The topological polar surface area (TPSA) is 75.6 Å². The average molecular weight is 317 g/mol. The van der Waals surface area contributed by atoms with Crippen molar-refractivity contribution >= 4 is 29.5 Å². The summed E-state index contributed by atoms with van der Waals surface area (Å²) in [5.74, 6) is -0.946. The van der Waals surface area contributed by atoms with Crippen LogP contribution in [0.15, 0.2) is 47.9 Å². The third kappa shape index (κ3) is 5.06. The van der Waals surface area contributed by atoms with E-state index in [2.05, 4.69) is 5.32 Å². The summed E-state index contributed by atoms with van der Waals surface area (Å²) in [6, 6.07) is 11.0. The first-order chi connectivity index (χ1) is 10.6. The number of rotatable bonds is 6. The second kappa shape index (κ2) is 7.99. The van der Waals surface area contributed by atoms with Gasteiger partial charge in [-0.25, -0.2) is 9.59 Å². The number of aromatic carboxylic acids is 1. The van der Waals surface area contributed by atoms with Crippen LogP contribution in [0.1, 0.15) is 20.8 Å². The van der Waals surface area contributed by atoms with Crippen molar-refractivity contribution in [2.45, 2.75) is 6.61 Å². The molecule has 0 fully saturated rings. The van der Waals surface area contributed by atoms with Crippen LogP contribution in [0.2, 0.25) is 0 Å². The van der Waals surface area contributed by atoms with Crippen molar-refractivity contribution in [1.29, 1.82) is 0 Å². The molecule has 1 heterocycles. The molecular weight excluding hydrogens is 302 g/mol. The molecule has 6 heteroatoms. The minimum atomic E-state index is -0.946. The Kier molecular flexibility index (Phi) is 5.73. The van der Waals surface area contributed by atoms with E-state index in [-0.39, 0.29) is 12.2 Å². The molecule has 1 aromatic carbocycles. The van der Waals surface area contributed by atoms with E-state index in [1.54, 1.807) is 23.6 Å². The maximum atomic E-state index is 11.5. The number of carboxylic acids is 1. The van der Waals surface area contributed by atoms with E-state index >= 15 is 0 Å². The zero-order valence-electron chi connectivity index (χ0n) is 11.7. The number of carbonyl (C=O) groups is 2. The van der Waals surface area contributed by atoms with E-state index < -0.39 is 12.1 Å². The highest BCUT2D eigenvalue weighted by atomic mass is 32.1. The summed E-state index contributed by atoms with van der Waals surface area (Å²) in [6.07, 6.45) is 3.00. The molecule has 0 saturated carbocycles. The van der Waals surface area contributed by atoms with Gasteiger partial charge in [-0.05, 0) is 17.7 Å². The average Bonchev–Trinajstić information content (AvgIpc) is 3.00. The largest absolute Gasteiger partial charge is 0.478 e. The van der Waals surface area contributed by atoms with Gasteiger partial charge in [0.25, 0.3) is 0 Å². The molecule has 0 aliphatic carbocycles. The smallest absolute Gasteiger partial charge is 0.407 e. The maximum Gasteiger partial charge on any atom is 0.407 e. The molecular formula is C16H15NO4S. The van der Waals surface area contributed by atoms with Gasteiger partial charge in [0.05, 0.1) is 5.56 Å². The molecule has 0 saturated heterocycles. The van der Waals surface area contributed by atoms with Crippen LogP contribution in [0.5, 0.6) is 0 Å². The molecule has 5 nitrogen and oxygen atoms in total. The van der Waals surface area contributed by atoms with E-state index in [4.69, 9.17) is 9.84 Å². The second-order valence-corrected chi connectivity index (χ2v) is 5.33. The number of carboxylic acid groups (broad SMARTS) is 1. The number of alkyl carbamates (subject to hydrolysis) is 1. The fourth-order valence-corrected chi connectivity index (χ4v) is 2.45. The number of hydrogen-bond donors (Lipinski definition) is 2. The van der Waals surface area contributed by atoms with Crippen molar-refractivity contribution in [1.82, 2.24) is 5.32 Å². The van der Waals surface area contributed by atoms with Gasteiger partial charge in [-0.15, -0.1) is 11.3 Å². The lowest BCUT2D eigenvalue weighted by Crippen LogP contribution is -2.24. The third-order valence-electron chi connectivity index (χ3n) is 2.73. The molecule has 0 aliphatic heterocycles. The van der Waals surface area contributed by atoms with Crippen LogP contribution in [-0.2, 0) is 11.3 Å². The van der Waals surface area contributed by atoms with Crippen molar-refractivity contribution in [3.05, 3.63) is 63.9 Å². The zero-order chi connectivity index (χ0) is 15.8. The first-order valence-electron chi connectivity index (χ1n) is 6.58. The highest BCUT2D eigenvalue weighted by molar-refractivity contribution is 7.11. The molecule has 1 aromatic heterocycles. The summed E-state index contributed by atoms with van der Waals surface area (Å²) in [7, 11) is 0. The van der Waals surface area contributed by atoms with E-state index in [9.17, 15) is 9.59 Å². The van der Waals surface area contributed by atoms with Crippen molar-refractivity contribution in [2.24, 2.45) is 0 Å². The van der Waals surface area contributed by atoms with Gasteiger partial charge in [-0.1, -0.05) is 36.4 Å². The minimum absolute atomic E-state index is 0.225. The number of carbonyl (C=O) groups excluding carboxylic acids is 1. The van der Waals surface area contributed by atoms with Gasteiger partial charge in [0.15, 0.2) is 0 Å². The lowest BCUT2D eigenvalue weighted by Gasteiger charge is -2.04. The summed E-state index contributed by atoms with van der Waals surface area (Å²) < 4.78 is 5.06. The number of benzene rings is 1. The zero-order valence-corrected chi connectivity index (χ0v) is 12.5. The van der Waals surface area contributed by atoms with Gasteiger partial charge < -0.3 is 15.2 Å². The summed E-state index contributed by atoms with van der Waals surface area (Å²) >= 11 is 1.33. The molecule has 0 atom stereocenters. The van der Waals surface area contributed by atoms with Gasteiger partial charge in [-0.2, -0.15) is 0 Å². The molecule has 0 spiro atoms. The van der Waals surface area contributed by atoms with E-state index in [0.29, 0.717) is 6.54 Å². The first kappa shape index (κ1) is 15.8. The molecule has 2 rings (SSSR count). The van der Waals surface area contributed by atoms with Crippen molar-refractivity contribution < 1.29 is 19.4 Å². The normalized spacial score (nSPS) is 10.5. The highest BCUT2D eigenvalue weighted by Gasteiger charge is 2.04. The lowest BCUT2D eigenvalue weighted by atomic mass is 10.2. The molecule has 22 heavy (non-hydrogen) atoms. The molecule has 1 amide bonds. The molecule has 2 aromatic rings.